The lowest BCUT2D eigenvalue weighted by Crippen LogP contribution is -2.44. The van der Waals surface area contributed by atoms with Gasteiger partial charge >= 0.3 is 0 Å². The SMILES string of the molecule is CC1CCCC1C(Cc1ncnn1C(C)C)NN. The van der Waals surface area contributed by atoms with Crippen LogP contribution in [0, 0.1) is 11.8 Å². The number of nitrogens with two attached hydrogens (primary N) is 1. The Morgan fingerprint density at radius 1 is 1.50 bits per heavy atom. The zero-order chi connectivity index (χ0) is 13.1. The molecule has 0 aliphatic heterocycles. The fraction of sp³-hybridized carbons (Fsp3) is 0.846. The number of hydrogen-bond acceptors (Lipinski definition) is 4. The molecular formula is C13H25N5. The highest BCUT2D eigenvalue weighted by Gasteiger charge is 2.31. The van der Waals surface area contributed by atoms with Crippen LogP contribution in [0.25, 0.3) is 0 Å². The molecule has 0 amide bonds. The zero-order valence-electron chi connectivity index (χ0n) is 11.6. The molecule has 3 N–H and O–H groups in total. The number of nitrogens with zero attached hydrogens (tertiary/aromatic N) is 3. The summed E-state index contributed by atoms with van der Waals surface area (Å²) >= 11 is 0. The van der Waals surface area contributed by atoms with Crippen molar-refractivity contribution in [3.05, 3.63) is 12.2 Å². The van der Waals surface area contributed by atoms with Crippen LogP contribution in [0.3, 0.4) is 0 Å². The minimum atomic E-state index is 0.309. The van der Waals surface area contributed by atoms with Crippen LogP contribution in [0.1, 0.15) is 51.9 Å². The topological polar surface area (TPSA) is 68.8 Å². The van der Waals surface area contributed by atoms with Crippen molar-refractivity contribution in [2.75, 3.05) is 0 Å². The summed E-state index contributed by atoms with van der Waals surface area (Å²) in [5.41, 5.74) is 3.00. The van der Waals surface area contributed by atoms with E-state index in [4.69, 9.17) is 5.84 Å². The first kappa shape index (κ1) is 13.5. The maximum Gasteiger partial charge on any atom is 0.138 e. The van der Waals surface area contributed by atoms with E-state index < -0.39 is 0 Å². The third-order valence-electron chi connectivity index (χ3n) is 4.20. The third kappa shape index (κ3) is 2.72. The number of aromatic nitrogens is 3. The molecule has 1 fully saturated rings. The molecule has 0 aromatic carbocycles. The van der Waals surface area contributed by atoms with E-state index in [2.05, 4.69) is 36.3 Å². The molecule has 18 heavy (non-hydrogen) atoms. The predicted molar refractivity (Wildman–Crippen MR) is 71.7 cm³/mol. The van der Waals surface area contributed by atoms with Crippen LogP contribution in [0.4, 0.5) is 0 Å². The minimum absolute atomic E-state index is 0.309. The molecule has 5 heteroatoms. The van der Waals surface area contributed by atoms with Gasteiger partial charge in [-0.2, -0.15) is 5.10 Å². The first-order chi connectivity index (χ1) is 8.63. The quantitative estimate of drug-likeness (QED) is 0.617. The first-order valence-corrected chi connectivity index (χ1v) is 6.98. The normalized spacial score (nSPS) is 25.8. The van der Waals surface area contributed by atoms with Crippen LogP contribution in [0.2, 0.25) is 0 Å². The fourth-order valence-corrected chi connectivity index (χ4v) is 3.15. The molecule has 3 unspecified atom stereocenters. The van der Waals surface area contributed by atoms with Gasteiger partial charge in [-0.05, 0) is 32.1 Å². The van der Waals surface area contributed by atoms with Crippen LogP contribution in [0.5, 0.6) is 0 Å². The van der Waals surface area contributed by atoms with E-state index in [9.17, 15) is 0 Å². The van der Waals surface area contributed by atoms with Gasteiger partial charge in [-0.3, -0.25) is 11.3 Å². The lowest BCUT2D eigenvalue weighted by Gasteiger charge is -2.26. The summed E-state index contributed by atoms with van der Waals surface area (Å²) in [6.45, 7) is 6.58. The highest BCUT2D eigenvalue weighted by molar-refractivity contribution is 4.95. The van der Waals surface area contributed by atoms with E-state index in [1.165, 1.54) is 19.3 Å². The Kier molecular flexibility index (Phi) is 4.35. The highest BCUT2D eigenvalue weighted by atomic mass is 15.3. The largest absolute Gasteiger partial charge is 0.271 e. The van der Waals surface area contributed by atoms with Crippen molar-refractivity contribution < 1.29 is 0 Å². The monoisotopic (exact) mass is 251 g/mol. The Morgan fingerprint density at radius 2 is 2.28 bits per heavy atom. The molecule has 102 valence electrons. The molecular weight excluding hydrogens is 226 g/mol. The molecule has 1 heterocycles. The second-order valence-corrected chi connectivity index (χ2v) is 5.76. The van der Waals surface area contributed by atoms with Gasteiger partial charge in [0, 0.05) is 18.5 Å². The summed E-state index contributed by atoms with van der Waals surface area (Å²) in [5.74, 6) is 8.20. The van der Waals surface area contributed by atoms with Gasteiger partial charge < -0.3 is 0 Å². The zero-order valence-corrected chi connectivity index (χ0v) is 11.6. The second-order valence-electron chi connectivity index (χ2n) is 5.76. The Bertz CT molecular complexity index is 373. The van der Waals surface area contributed by atoms with E-state index >= 15 is 0 Å². The Morgan fingerprint density at radius 3 is 2.83 bits per heavy atom. The van der Waals surface area contributed by atoms with Gasteiger partial charge in [-0.1, -0.05) is 19.8 Å². The summed E-state index contributed by atoms with van der Waals surface area (Å²) in [6.07, 6.45) is 6.41. The Hall–Kier alpha value is -0.940. The van der Waals surface area contributed by atoms with Crippen LogP contribution in [-0.4, -0.2) is 20.8 Å². The summed E-state index contributed by atoms with van der Waals surface area (Å²) in [6, 6.07) is 0.658. The molecule has 0 saturated heterocycles. The summed E-state index contributed by atoms with van der Waals surface area (Å²) in [5, 5.41) is 4.29. The van der Waals surface area contributed by atoms with Crippen molar-refractivity contribution in [2.24, 2.45) is 17.7 Å². The van der Waals surface area contributed by atoms with Crippen molar-refractivity contribution >= 4 is 0 Å². The van der Waals surface area contributed by atoms with Gasteiger partial charge in [-0.25, -0.2) is 9.67 Å². The molecule has 1 saturated carbocycles. The molecule has 0 bridgehead atoms. The van der Waals surface area contributed by atoms with Crippen molar-refractivity contribution in [1.82, 2.24) is 20.2 Å². The van der Waals surface area contributed by atoms with Crippen LogP contribution in [0.15, 0.2) is 6.33 Å². The lowest BCUT2D eigenvalue weighted by atomic mass is 9.88. The fourth-order valence-electron chi connectivity index (χ4n) is 3.15. The van der Waals surface area contributed by atoms with Crippen molar-refractivity contribution in [3.8, 4) is 0 Å². The van der Waals surface area contributed by atoms with Crippen molar-refractivity contribution in [1.29, 1.82) is 0 Å². The van der Waals surface area contributed by atoms with Gasteiger partial charge in [0.05, 0.1) is 0 Å². The highest BCUT2D eigenvalue weighted by Crippen LogP contribution is 2.34. The number of hydrazine groups is 1. The second kappa shape index (κ2) is 5.80. The molecule has 1 aliphatic rings. The van der Waals surface area contributed by atoms with Gasteiger partial charge in [0.2, 0.25) is 0 Å². The first-order valence-electron chi connectivity index (χ1n) is 6.98. The van der Waals surface area contributed by atoms with E-state index in [1.807, 2.05) is 4.68 Å². The van der Waals surface area contributed by atoms with E-state index in [1.54, 1.807) is 6.33 Å². The summed E-state index contributed by atoms with van der Waals surface area (Å²) in [4.78, 5) is 4.38. The third-order valence-corrected chi connectivity index (χ3v) is 4.20. The Balaban J connectivity index is 2.08. The van der Waals surface area contributed by atoms with E-state index in [-0.39, 0.29) is 0 Å². The van der Waals surface area contributed by atoms with Gasteiger partial charge in [-0.15, -0.1) is 0 Å². The summed E-state index contributed by atoms with van der Waals surface area (Å²) in [7, 11) is 0. The van der Waals surface area contributed by atoms with Crippen LogP contribution >= 0.6 is 0 Å². The van der Waals surface area contributed by atoms with Crippen molar-refractivity contribution in [3.63, 3.8) is 0 Å². The molecule has 1 aromatic rings. The predicted octanol–water partition coefficient (Wildman–Crippen LogP) is 1.67. The summed E-state index contributed by atoms with van der Waals surface area (Å²) < 4.78 is 1.99. The molecule has 3 atom stereocenters. The van der Waals surface area contributed by atoms with Gasteiger partial charge in [0.1, 0.15) is 12.2 Å². The van der Waals surface area contributed by atoms with Crippen LogP contribution in [-0.2, 0) is 6.42 Å². The maximum atomic E-state index is 5.75. The van der Waals surface area contributed by atoms with E-state index in [0.717, 1.165) is 18.2 Å². The Labute approximate surface area is 109 Å². The van der Waals surface area contributed by atoms with Crippen molar-refractivity contribution in [2.45, 2.75) is 58.5 Å². The molecule has 1 aliphatic carbocycles. The lowest BCUT2D eigenvalue weighted by molar-refractivity contribution is 0.290. The molecule has 1 aromatic heterocycles. The molecule has 5 nitrogen and oxygen atoms in total. The maximum absolute atomic E-state index is 5.75. The van der Waals surface area contributed by atoms with Gasteiger partial charge in [0.15, 0.2) is 0 Å². The molecule has 2 rings (SSSR count). The number of nitrogens with one attached hydrogen (secondary N) is 1. The number of rotatable bonds is 5. The van der Waals surface area contributed by atoms with Gasteiger partial charge in [0.25, 0.3) is 0 Å². The number of hydrogen-bond donors (Lipinski definition) is 2. The molecule has 0 radical (unpaired) electrons. The average Bonchev–Trinajstić information content (AvgIpc) is 2.94. The smallest absolute Gasteiger partial charge is 0.138 e. The average molecular weight is 251 g/mol. The van der Waals surface area contributed by atoms with E-state index in [0.29, 0.717) is 18.0 Å². The van der Waals surface area contributed by atoms with Crippen LogP contribution < -0.4 is 11.3 Å². The minimum Gasteiger partial charge on any atom is -0.271 e. The standard InChI is InChI=1S/C13H25N5/c1-9(2)18-13(15-8-16-18)7-12(17-14)11-6-4-5-10(11)3/h8-12,17H,4-7,14H2,1-3H3. The molecule has 0 spiro atoms.